The van der Waals surface area contributed by atoms with Crippen LogP contribution >= 0.6 is 0 Å². The Balaban J connectivity index is 1.65. The van der Waals surface area contributed by atoms with Crippen LogP contribution in [0.3, 0.4) is 0 Å². The molecule has 5 rings (SSSR count). The minimum Gasteiger partial charge on any atom is -0.294 e. The summed E-state index contributed by atoms with van der Waals surface area (Å²) in [4.78, 5) is 17.2. The first kappa shape index (κ1) is 18.5. The zero-order chi connectivity index (χ0) is 21.0. The molecule has 4 nitrogen and oxygen atoms in total. The van der Waals surface area contributed by atoms with Crippen molar-refractivity contribution in [3.8, 4) is 11.1 Å². The Morgan fingerprint density at radius 2 is 1.67 bits per heavy atom. The van der Waals surface area contributed by atoms with E-state index in [1.807, 2.05) is 6.92 Å². The number of rotatable bonds is 2. The van der Waals surface area contributed by atoms with Crippen LogP contribution in [0.1, 0.15) is 39.6 Å². The van der Waals surface area contributed by atoms with Gasteiger partial charge in [0.2, 0.25) is 0 Å². The molecular formula is C23H16F3N3O. The number of hydrogen-bond acceptors (Lipinski definition) is 3. The van der Waals surface area contributed by atoms with E-state index in [2.05, 4.69) is 10.1 Å². The van der Waals surface area contributed by atoms with Crippen molar-refractivity contribution in [2.45, 2.75) is 25.7 Å². The lowest BCUT2D eigenvalue weighted by atomic mass is 9.82. The van der Waals surface area contributed by atoms with Crippen LogP contribution in [-0.4, -0.2) is 20.4 Å². The molecule has 0 N–H and O–H groups in total. The van der Waals surface area contributed by atoms with Gasteiger partial charge in [-0.1, -0.05) is 12.1 Å². The average Bonchev–Trinajstić information content (AvgIpc) is 3.04. The van der Waals surface area contributed by atoms with Crippen LogP contribution < -0.4 is 0 Å². The largest absolute Gasteiger partial charge is 0.294 e. The van der Waals surface area contributed by atoms with E-state index >= 15 is 0 Å². The van der Waals surface area contributed by atoms with Gasteiger partial charge in [-0.2, -0.15) is 5.10 Å². The second kappa shape index (κ2) is 6.79. The molecule has 2 heterocycles. The molecule has 4 aromatic rings. The molecule has 7 heteroatoms. The highest BCUT2D eigenvalue weighted by atomic mass is 19.1. The van der Waals surface area contributed by atoms with Gasteiger partial charge in [0.15, 0.2) is 11.4 Å². The topological polar surface area (TPSA) is 47.3 Å². The first-order valence-corrected chi connectivity index (χ1v) is 9.53. The first-order chi connectivity index (χ1) is 14.4. The molecule has 30 heavy (non-hydrogen) atoms. The average molecular weight is 407 g/mol. The Morgan fingerprint density at radius 3 is 2.37 bits per heavy atom. The first-order valence-electron chi connectivity index (χ1n) is 9.53. The van der Waals surface area contributed by atoms with E-state index in [0.717, 1.165) is 17.2 Å². The van der Waals surface area contributed by atoms with Gasteiger partial charge in [-0.25, -0.2) is 22.7 Å². The second-order valence-electron chi connectivity index (χ2n) is 7.55. The van der Waals surface area contributed by atoms with Crippen molar-refractivity contribution in [1.82, 2.24) is 14.6 Å². The number of benzene rings is 2. The number of carbonyl (C=O) groups is 1. The Kier molecular flexibility index (Phi) is 4.20. The fraction of sp³-hybridized carbons (Fsp3) is 0.174. The Morgan fingerprint density at radius 1 is 0.967 bits per heavy atom. The van der Waals surface area contributed by atoms with Gasteiger partial charge in [-0.15, -0.1) is 0 Å². The number of halogens is 3. The summed E-state index contributed by atoms with van der Waals surface area (Å²) in [6.45, 7) is 1.82. The van der Waals surface area contributed by atoms with Crippen molar-refractivity contribution in [3.63, 3.8) is 0 Å². The van der Waals surface area contributed by atoms with E-state index in [-0.39, 0.29) is 23.9 Å². The summed E-state index contributed by atoms with van der Waals surface area (Å²) in [7, 11) is 0. The van der Waals surface area contributed by atoms with Crippen molar-refractivity contribution >= 4 is 11.4 Å². The molecule has 0 fully saturated rings. The molecule has 1 aliphatic carbocycles. The van der Waals surface area contributed by atoms with E-state index in [0.29, 0.717) is 34.6 Å². The summed E-state index contributed by atoms with van der Waals surface area (Å²) in [5.74, 6) is -2.18. The van der Waals surface area contributed by atoms with Crippen molar-refractivity contribution in [1.29, 1.82) is 0 Å². The van der Waals surface area contributed by atoms with E-state index in [1.165, 1.54) is 30.5 Å². The minimum absolute atomic E-state index is 0.142. The number of aromatic nitrogens is 3. The molecule has 0 saturated heterocycles. The third kappa shape index (κ3) is 2.98. The van der Waals surface area contributed by atoms with E-state index in [1.54, 1.807) is 16.6 Å². The Labute approximate surface area is 170 Å². The maximum absolute atomic E-state index is 13.7. The molecule has 0 spiro atoms. The summed E-state index contributed by atoms with van der Waals surface area (Å²) in [6, 6.07) is 9.40. The summed E-state index contributed by atoms with van der Waals surface area (Å²) < 4.78 is 42.4. The Bertz CT molecular complexity index is 1290. The van der Waals surface area contributed by atoms with Crippen LogP contribution in [0.4, 0.5) is 13.2 Å². The third-order valence-corrected chi connectivity index (χ3v) is 5.58. The van der Waals surface area contributed by atoms with Crippen LogP contribution in [0.15, 0.2) is 48.7 Å². The number of Topliss-reactive ketones (excluding diaryl/α,β-unsaturated/α-hetero) is 1. The fourth-order valence-electron chi connectivity index (χ4n) is 4.21. The van der Waals surface area contributed by atoms with Gasteiger partial charge in [0.05, 0.1) is 17.0 Å². The number of carbonyl (C=O) groups excluding carboxylic acids is 1. The van der Waals surface area contributed by atoms with Gasteiger partial charge in [0.25, 0.3) is 0 Å². The number of fused-ring (bicyclic) bond motifs is 3. The molecule has 0 amide bonds. The highest BCUT2D eigenvalue weighted by molar-refractivity contribution is 5.99. The van der Waals surface area contributed by atoms with Gasteiger partial charge in [-0.05, 0) is 54.7 Å². The van der Waals surface area contributed by atoms with E-state index in [9.17, 15) is 18.0 Å². The quantitative estimate of drug-likeness (QED) is 0.468. The molecule has 1 atom stereocenters. The molecule has 1 aliphatic rings. The van der Waals surface area contributed by atoms with Gasteiger partial charge >= 0.3 is 0 Å². The lowest BCUT2D eigenvalue weighted by molar-refractivity contribution is 0.0962. The maximum atomic E-state index is 13.7. The summed E-state index contributed by atoms with van der Waals surface area (Å²) >= 11 is 0. The van der Waals surface area contributed by atoms with Gasteiger partial charge in [0, 0.05) is 24.2 Å². The predicted octanol–water partition coefficient (Wildman–Crippen LogP) is 5.03. The molecule has 2 aromatic heterocycles. The van der Waals surface area contributed by atoms with Crippen LogP contribution in [0.2, 0.25) is 0 Å². The van der Waals surface area contributed by atoms with Crippen LogP contribution in [0, 0.1) is 24.4 Å². The molecule has 0 radical (unpaired) electrons. The standard InChI is InChI=1S/C23H16F3N3O/c1-12-22(13-2-4-16(24)5-3-13)23-27-11-19-20(29(23)28-12)8-15(9-21(19)30)14-6-17(25)10-18(26)7-14/h2-7,10-11,15H,8-9H2,1H3/t15-/m0/s1. The van der Waals surface area contributed by atoms with Crippen LogP contribution in [0.25, 0.3) is 16.8 Å². The molecular weight excluding hydrogens is 391 g/mol. The number of ketones is 1. The molecule has 0 saturated carbocycles. The molecule has 0 aliphatic heterocycles. The maximum Gasteiger partial charge on any atom is 0.166 e. The summed E-state index contributed by atoms with van der Waals surface area (Å²) in [5.41, 5.74) is 4.32. The molecule has 2 aromatic carbocycles. The smallest absolute Gasteiger partial charge is 0.166 e. The van der Waals surface area contributed by atoms with E-state index in [4.69, 9.17) is 0 Å². The number of aryl methyl sites for hydroxylation is 1. The third-order valence-electron chi connectivity index (χ3n) is 5.58. The van der Waals surface area contributed by atoms with Gasteiger partial charge in [-0.3, -0.25) is 4.79 Å². The lowest BCUT2D eigenvalue weighted by Gasteiger charge is -2.24. The van der Waals surface area contributed by atoms with Crippen LogP contribution in [-0.2, 0) is 6.42 Å². The normalized spacial score (nSPS) is 16.1. The molecule has 0 unspecified atom stereocenters. The molecule has 150 valence electrons. The highest BCUT2D eigenvalue weighted by Gasteiger charge is 2.30. The monoisotopic (exact) mass is 407 g/mol. The van der Waals surface area contributed by atoms with Crippen molar-refractivity contribution in [2.24, 2.45) is 0 Å². The van der Waals surface area contributed by atoms with Crippen molar-refractivity contribution in [3.05, 3.63) is 88.6 Å². The van der Waals surface area contributed by atoms with Gasteiger partial charge in [0.1, 0.15) is 17.5 Å². The Hall–Kier alpha value is -3.48. The zero-order valence-electron chi connectivity index (χ0n) is 16.0. The second-order valence-corrected chi connectivity index (χ2v) is 7.55. The van der Waals surface area contributed by atoms with E-state index < -0.39 is 11.6 Å². The SMILES string of the molecule is Cc1nn2c3c(cnc2c1-c1ccc(F)cc1)C(=O)C[C@@H](c1cc(F)cc(F)c1)C3. The predicted molar refractivity (Wildman–Crippen MR) is 105 cm³/mol. The summed E-state index contributed by atoms with van der Waals surface area (Å²) in [6.07, 6.45) is 2.07. The van der Waals surface area contributed by atoms with Gasteiger partial charge < -0.3 is 0 Å². The summed E-state index contributed by atoms with van der Waals surface area (Å²) in [5, 5.41) is 4.58. The molecule has 0 bridgehead atoms. The van der Waals surface area contributed by atoms with Crippen molar-refractivity contribution in [2.75, 3.05) is 0 Å². The fourth-order valence-corrected chi connectivity index (χ4v) is 4.21. The van der Waals surface area contributed by atoms with Crippen molar-refractivity contribution < 1.29 is 18.0 Å². The minimum atomic E-state index is -0.670. The van der Waals surface area contributed by atoms with Crippen LogP contribution in [0.5, 0.6) is 0 Å². The zero-order valence-corrected chi connectivity index (χ0v) is 16.0. The lowest BCUT2D eigenvalue weighted by Crippen LogP contribution is -2.22. The number of nitrogens with zero attached hydrogens (tertiary/aromatic N) is 3. The number of hydrogen-bond donors (Lipinski definition) is 0. The highest BCUT2D eigenvalue weighted by Crippen LogP contribution is 2.35.